The van der Waals surface area contributed by atoms with Gasteiger partial charge in [0.05, 0.1) is 0 Å². The lowest BCUT2D eigenvalue weighted by Gasteiger charge is -2.29. The first-order chi connectivity index (χ1) is 8.22. The fraction of sp³-hybridized carbons (Fsp3) is 0.800. The number of hydrogen-bond acceptors (Lipinski definition) is 5. The van der Waals surface area contributed by atoms with Crippen LogP contribution >= 0.6 is 0 Å². The van der Waals surface area contributed by atoms with Crippen LogP contribution in [0.2, 0.25) is 0 Å². The predicted octanol–water partition coefficient (Wildman–Crippen LogP) is -0.741. The van der Waals surface area contributed by atoms with Crippen molar-refractivity contribution in [3.05, 3.63) is 6.33 Å². The van der Waals surface area contributed by atoms with Crippen LogP contribution in [0.3, 0.4) is 0 Å². The molecule has 1 aliphatic rings. The molecular formula is C10H18N6O. The van der Waals surface area contributed by atoms with Crippen LogP contribution in [-0.2, 0) is 11.3 Å². The van der Waals surface area contributed by atoms with E-state index in [1.807, 2.05) is 7.05 Å². The molecule has 2 rings (SSSR count). The van der Waals surface area contributed by atoms with E-state index in [-0.39, 0.29) is 18.5 Å². The summed E-state index contributed by atoms with van der Waals surface area (Å²) in [7, 11) is 1.84. The molecule has 7 heteroatoms. The maximum absolute atomic E-state index is 12.0. The largest absolute Gasteiger partial charge is 0.341 e. The molecule has 1 saturated carbocycles. The Morgan fingerprint density at radius 1 is 1.59 bits per heavy atom. The molecule has 17 heavy (non-hydrogen) atoms. The Labute approximate surface area is 100.0 Å². The van der Waals surface area contributed by atoms with Crippen molar-refractivity contribution in [3.63, 3.8) is 0 Å². The zero-order valence-electron chi connectivity index (χ0n) is 9.99. The van der Waals surface area contributed by atoms with Crippen molar-refractivity contribution in [3.8, 4) is 0 Å². The van der Waals surface area contributed by atoms with E-state index in [4.69, 9.17) is 5.73 Å². The summed E-state index contributed by atoms with van der Waals surface area (Å²) in [4.78, 5) is 13.8. The summed E-state index contributed by atoms with van der Waals surface area (Å²) in [6.07, 6.45) is 4.75. The zero-order valence-corrected chi connectivity index (χ0v) is 9.99. The minimum atomic E-state index is 0.0302. The third kappa shape index (κ3) is 2.60. The van der Waals surface area contributed by atoms with Crippen molar-refractivity contribution in [2.45, 2.75) is 31.8 Å². The molecule has 1 amide bonds. The van der Waals surface area contributed by atoms with Crippen molar-refractivity contribution in [1.29, 1.82) is 0 Å². The van der Waals surface area contributed by atoms with Gasteiger partial charge in [0.25, 0.3) is 0 Å². The van der Waals surface area contributed by atoms with Gasteiger partial charge in [-0.2, -0.15) is 0 Å². The molecular weight excluding hydrogens is 220 g/mol. The Balaban J connectivity index is 1.94. The molecule has 0 spiro atoms. The van der Waals surface area contributed by atoms with Gasteiger partial charge in [-0.05, 0) is 35.7 Å². The van der Waals surface area contributed by atoms with Crippen LogP contribution in [0.25, 0.3) is 0 Å². The maximum atomic E-state index is 12.0. The molecule has 0 radical (unpaired) electrons. The molecule has 2 N–H and O–H groups in total. The lowest BCUT2D eigenvalue weighted by atomic mass is 10.0. The highest BCUT2D eigenvalue weighted by Gasteiger charge is 2.31. The molecule has 2 unspecified atom stereocenters. The van der Waals surface area contributed by atoms with Gasteiger partial charge in [0.2, 0.25) is 5.91 Å². The van der Waals surface area contributed by atoms with Gasteiger partial charge in [-0.25, -0.2) is 4.68 Å². The van der Waals surface area contributed by atoms with Crippen LogP contribution in [0.4, 0.5) is 0 Å². The molecule has 0 aliphatic heterocycles. The molecule has 1 aromatic heterocycles. The highest BCUT2D eigenvalue weighted by molar-refractivity contribution is 5.76. The predicted molar refractivity (Wildman–Crippen MR) is 60.8 cm³/mol. The summed E-state index contributed by atoms with van der Waals surface area (Å²) < 4.78 is 1.44. The van der Waals surface area contributed by atoms with E-state index >= 15 is 0 Å². The van der Waals surface area contributed by atoms with Gasteiger partial charge in [0.1, 0.15) is 12.9 Å². The lowest BCUT2D eigenvalue weighted by molar-refractivity contribution is -0.133. The molecule has 1 aliphatic carbocycles. The second kappa shape index (κ2) is 5.22. The lowest BCUT2D eigenvalue weighted by Crippen LogP contribution is -2.43. The molecule has 1 aromatic rings. The summed E-state index contributed by atoms with van der Waals surface area (Å²) >= 11 is 0. The number of nitrogens with two attached hydrogens (primary N) is 1. The molecule has 1 heterocycles. The van der Waals surface area contributed by atoms with Crippen LogP contribution in [0.1, 0.15) is 19.3 Å². The second-order valence-corrected chi connectivity index (χ2v) is 4.51. The molecule has 2 atom stereocenters. The summed E-state index contributed by atoms with van der Waals surface area (Å²) in [5.41, 5.74) is 5.72. The molecule has 0 bridgehead atoms. The molecule has 0 saturated heterocycles. The first-order valence-corrected chi connectivity index (χ1v) is 5.89. The van der Waals surface area contributed by atoms with Crippen LogP contribution in [-0.4, -0.2) is 50.6 Å². The number of aromatic nitrogens is 4. The van der Waals surface area contributed by atoms with Gasteiger partial charge in [-0.1, -0.05) is 6.42 Å². The average molecular weight is 238 g/mol. The summed E-state index contributed by atoms with van der Waals surface area (Å²) in [6, 6.07) is 0.268. The smallest absolute Gasteiger partial charge is 0.244 e. The Hall–Kier alpha value is -1.50. The third-order valence-electron chi connectivity index (χ3n) is 3.50. The Morgan fingerprint density at radius 2 is 2.41 bits per heavy atom. The van der Waals surface area contributed by atoms with Crippen LogP contribution < -0.4 is 5.73 Å². The van der Waals surface area contributed by atoms with E-state index in [9.17, 15) is 4.79 Å². The molecule has 94 valence electrons. The number of rotatable bonds is 4. The van der Waals surface area contributed by atoms with Crippen LogP contribution in [0.15, 0.2) is 6.33 Å². The van der Waals surface area contributed by atoms with Gasteiger partial charge in [-0.3, -0.25) is 4.79 Å². The summed E-state index contributed by atoms with van der Waals surface area (Å²) in [5, 5.41) is 10.7. The quantitative estimate of drug-likeness (QED) is 0.746. The Kier molecular flexibility index (Phi) is 3.68. The second-order valence-electron chi connectivity index (χ2n) is 4.51. The fourth-order valence-electron chi connectivity index (χ4n) is 2.49. The Bertz CT molecular complexity index is 365. The Morgan fingerprint density at radius 3 is 3.06 bits per heavy atom. The minimum absolute atomic E-state index is 0.0302. The topological polar surface area (TPSA) is 89.9 Å². The van der Waals surface area contributed by atoms with Crippen molar-refractivity contribution in [1.82, 2.24) is 25.1 Å². The van der Waals surface area contributed by atoms with Crippen molar-refractivity contribution >= 4 is 5.91 Å². The van der Waals surface area contributed by atoms with Crippen LogP contribution in [0.5, 0.6) is 0 Å². The average Bonchev–Trinajstić information content (AvgIpc) is 2.97. The standard InChI is InChI=1S/C10H18N6O/c1-15(9-4-2-3-8(9)5-11)10(17)6-16-7-12-13-14-16/h7-9H,2-6,11H2,1H3. The van der Waals surface area contributed by atoms with Gasteiger partial charge in [-0.15, -0.1) is 5.10 Å². The summed E-state index contributed by atoms with van der Waals surface area (Å²) in [5.74, 6) is 0.459. The zero-order chi connectivity index (χ0) is 12.3. The van der Waals surface area contributed by atoms with Gasteiger partial charge in [0, 0.05) is 13.1 Å². The number of carbonyl (C=O) groups is 1. The van der Waals surface area contributed by atoms with Gasteiger partial charge in [0.15, 0.2) is 0 Å². The highest BCUT2D eigenvalue weighted by atomic mass is 16.2. The molecule has 7 nitrogen and oxygen atoms in total. The number of amides is 1. The van der Waals surface area contributed by atoms with Crippen molar-refractivity contribution in [2.75, 3.05) is 13.6 Å². The third-order valence-corrected chi connectivity index (χ3v) is 3.50. The van der Waals surface area contributed by atoms with E-state index < -0.39 is 0 Å². The van der Waals surface area contributed by atoms with E-state index in [1.165, 1.54) is 11.0 Å². The maximum Gasteiger partial charge on any atom is 0.244 e. The number of likely N-dealkylation sites (N-methyl/N-ethyl adjacent to an activating group) is 1. The fourth-order valence-corrected chi connectivity index (χ4v) is 2.49. The number of tetrazole rings is 1. The first-order valence-electron chi connectivity index (χ1n) is 5.89. The highest BCUT2D eigenvalue weighted by Crippen LogP contribution is 2.28. The molecule has 0 aromatic carbocycles. The van der Waals surface area contributed by atoms with E-state index in [0.717, 1.165) is 19.3 Å². The minimum Gasteiger partial charge on any atom is -0.341 e. The number of carbonyl (C=O) groups excluding carboxylic acids is 1. The SMILES string of the molecule is CN(C(=O)Cn1cnnn1)C1CCCC1CN. The van der Waals surface area contributed by atoms with Crippen LogP contribution in [0, 0.1) is 5.92 Å². The molecule has 1 fully saturated rings. The van der Waals surface area contributed by atoms with Crippen molar-refractivity contribution < 1.29 is 4.79 Å². The number of nitrogens with zero attached hydrogens (tertiary/aromatic N) is 5. The van der Waals surface area contributed by atoms with Gasteiger partial charge >= 0.3 is 0 Å². The van der Waals surface area contributed by atoms with Crippen molar-refractivity contribution in [2.24, 2.45) is 11.7 Å². The van der Waals surface area contributed by atoms with E-state index in [2.05, 4.69) is 15.5 Å². The van der Waals surface area contributed by atoms with E-state index in [0.29, 0.717) is 12.5 Å². The monoisotopic (exact) mass is 238 g/mol. The number of hydrogen-bond donors (Lipinski definition) is 1. The normalized spacial score (nSPS) is 23.9. The first kappa shape index (κ1) is 12.0. The van der Waals surface area contributed by atoms with Gasteiger partial charge < -0.3 is 10.6 Å². The summed E-state index contributed by atoms with van der Waals surface area (Å²) in [6.45, 7) is 0.838. The van der Waals surface area contributed by atoms with E-state index in [1.54, 1.807) is 4.90 Å².